The topological polar surface area (TPSA) is 72.3 Å². The minimum Gasteiger partial charge on any atom is -0.378 e. The number of thioether (sulfide) groups is 1. The summed E-state index contributed by atoms with van der Waals surface area (Å²) in [6, 6.07) is 3.25. The summed E-state index contributed by atoms with van der Waals surface area (Å²) >= 11 is 1.27. The van der Waals surface area contributed by atoms with Crippen molar-refractivity contribution in [2.24, 2.45) is 0 Å². The number of carbonyl (C=O) groups is 1. The smallest absolute Gasteiger partial charge is 0.237 e. The van der Waals surface area contributed by atoms with Crippen LogP contribution in [-0.4, -0.2) is 52.2 Å². The molecule has 0 spiro atoms. The van der Waals surface area contributed by atoms with Crippen molar-refractivity contribution in [2.45, 2.75) is 30.8 Å². The van der Waals surface area contributed by atoms with Crippen molar-refractivity contribution in [3.63, 3.8) is 0 Å². The first kappa shape index (κ1) is 19.6. The van der Waals surface area contributed by atoms with Crippen LogP contribution in [0.4, 0.5) is 20.4 Å². The highest BCUT2D eigenvalue weighted by Gasteiger charge is 2.23. The lowest BCUT2D eigenvalue weighted by molar-refractivity contribution is -0.115. The third kappa shape index (κ3) is 4.56. The predicted molar refractivity (Wildman–Crippen MR) is 99.0 cm³/mol. The van der Waals surface area contributed by atoms with Crippen molar-refractivity contribution < 1.29 is 18.3 Å². The van der Waals surface area contributed by atoms with Gasteiger partial charge in [-0.05, 0) is 26.0 Å². The van der Waals surface area contributed by atoms with Crippen molar-refractivity contribution in [3.8, 4) is 0 Å². The second-order valence-electron chi connectivity index (χ2n) is 6.00. The molecule has 7 nitrogen and oxygen atoms in total. The van der Waals surface area contributed by atoms with E-state index in [1.54, 1.807) is 6.92 Å². The zero-order valence-corrected chi connectivity index (χ0v) is 15.9. The molecule has 10 heteroatoms. The normalized spacial score (nSPS) is 15.6. The molecular weight excluding hydrogens is 376 g/mol. The molecule has 1 N–H and O–H groups in total. The largest absolute Gasteiger partial charge is 0.378 e. The Balaban J connectivity index is 1.67. The van der Waals surface area contributed by atoms with E-state index in [1.165, 1.54) is 17.8 Å². The number of ether oxygens (including phenoxy) is 1. The Morgan fingerprint density at radius 3 is 2.70 bits per heavy atom. The lowest BCUT2D eigenvalue weighted by Crippen LogP contribution is -2.38. The maximum atomic E-state index is 13.3. The van der Waals surface area contributed by atoms with Gasteiger partial charge in [-0.2, -0.15) is 0 Å². The Morgan fingerprint density at radius 2 is 2.04 bits per heavy atom. The Bertz CT molecular complexity index is 811. The molecule has 27 heavy (non-hydrogen) atoms. The summed E-state index contributed by atoms with van der Waals surface area (Å²) in [5.41, 5.74) is 0.206. The molecule has 1 unspecified atom stereocenters. The third-order valence-corrected chi connectivity index (χ3v) is 5.23. The Labute approximate surface area is 160 Å². The van der Waals surface area contributed by atoms with Crippen LogP contribution < -0.4 is 10.2 Å². The molecule has 1 aromatic carbocycles. The number of morpholine rings is 1. The van der Waals surface area contributed by atoms with E-state index in [1.807, 2.05) is 11.5 Å². The number of nitrogens with zero attached hydrogens (tertiary/aromatic N) is 4. The molecule has 146 valence electrons. The number of hydrogen-bond acceptors (Lipinski definition) is 6. The SMILES string of the molecule is CCn1c(SC(C)C(=O)Nc2ccc(F)c(F)c2)nnc1N1CCOCC1. The molecule has 1 aliphatic rings. The van der Waals surface area contributed by atoms with E-state index in [4.69, 9.17) is 4.74 Å². The first-order valence-corrected chi connectivity index (χ1v) is 9.56. The first-order valence-electron chi connectivity index (χ1n) is 8.68. The molecule has 2 aromatic rings. The van der Waals surface area contributed by atoms with Gasteiger partial charge in [-0.1, -0.05) is 11.8 Å². The molecule has 1 saturated heterocycles. The highest BCUT2D eigenvalue weighted by atomic mass is 32.2. The van der Waals surface area contributed by atoms with Gasteiger partial charge in [0.25, 0.3) is 0 Å². The third-order valence-electron chi connectivity index (χ3n) is 4.15. The van der Waals surface area contributed by atoms with Gasteiger partial charge in [0.15, 0.2) is 16.8 Å². The molecule has 0 radical (unpaired) electrons. The van der Waals surface area contributed by atoms with E-state index in [0.717, 1.165) is 31.2 Å². The van der Waals surface area contributed by atoms with E-state index in [-0.39, 0.29) is 11.6 Å². The highest BCUT2D eigenvalue weighted by Crippen LogP contribution is 2.27. The molecule has 1 aliphatic heterocycles. The van der Waals surface area contributed by atoms with Crippen LogP contribution in [0, 0.1) is 11.6 Å². The molecular formula is C17H21F2N5O2S. The van der Waals surface area contributed by atoms with Gasteiger partial charge in [0.05, 0.1) is 18.5 Å². The molecule has 2 heterocycles. The lowest BCUT2D eigenvalue weighted by atomic mass is 10.3. The fourth-order valence-corrected chi connectivity index (χ4v) is 3.58. The average Bonchev–Trinajstić information content (AvgIpc) is 3.08. The summed E-state index contributed by atoms with van der Waals surface area (Å²) in [6.45, 7) is 7.16. The summed E-state index contributed by atoms with van der Waals surface area (Å²) < 4.78 is 33.6. The zero-order valence-electron chi connectivity index (χ0n) is 15.1. The van der Waals surface area contributed by atoms with Crippen molar-refractivity contribution in [1.82, 2.24) is 14.8 Å². The van der Waals surface area contributed by atoms with Crippen LogP contribution in [0.1, 0.15) is 13.8 Å². The van der Waals surface area contributed by atoms with Gasteiger partial charge in [0, 0.05) is 31.4 Å². The van der Waals surface area contributed by atoms with Crippen LogP contribution in [0.15, 0.2) is 23.4 Å². The van der Waals surface area contributed by atoms with Gasteiger partial charge in [0.1, 0.15) is 0 Å². The molecule has 0 saturated carbocycles. The standard InChI is InChI=1S/C17H21F2N5O2S/c1-3-24-16(23-6-8-26-9-7-23)21-22-17(24)27-11(2)15(25)20-12-4-5-13(18)14(19)10-12/h4-5,10-11H,3,6-9H2,1-2H3,(H,20,25). The molecule has 1 fully saturated rings. The zero-order chi connectivity index (χ0) is 19.4. The number of carbonyl (C=O) groups excluding carboxylic acids is 1. The second kappa shape index (κ2) is 8.66. The summed E-state index contributed by atoms with van der Waals surface area (Å²) in [7, 11) is 0. The van der Waals surface area contributed by atoms with Gasteiger partial charge >= 0.3 is 0 Å². The molecule has 1 atom stereocenters. The van der Waals surface area contributed by atoms with Crippen molar-refractivity contribution >= 4 is 29.3 Å². The summed E-state index contributed by atoms with van der Waals surface area (Å²) in [6.07, 6.45) is 0. The first-order chi connectivity index (χ1) is 13.0. The van der Waals surface area contributed by atoms with Crippen LogP contribution >= 0.6 is 11.8 Å². The molecule has 0 bridgehead atoms. The number of anilines is 2. The minimum atomic E-state index is -1.01. The maximum absolute atomic E-state index is 13.3. The van der Waals surface area contributed by atoms with E-state index in [2.05, 4.69) is 20.4 Å². The van der Waals surface area contributed by atoms with Crippen LogP contribution in [0.2, 0.25) is 0 Å². The van der Waals surface area contributed by atoms with Crippen LogP contribution in [0.5, 0.6) is 0 Å². The Kier molecular flexibility index (Phi) is 6.27. The number of rotatable bonds is 6. The van der Waals surface area contributed by atoms with Crippen LogP contribution in [0.25, 0.3) is 0 Å². The fraction of sp³-hybridized carbons (Fsp3) is 0.471. The van der Waals surface area contributed by atoms with Gasteiger partial charge in [0.2, 0.25) is 11.9 Å². The van der Waals surface area contributed by atoms with E-state index in [9.17, 15) is 13.6 Å². The van der Waals surface area contributed by atoms with Gasteiger partial charge in [-0.15, -0.1) is 10.2 Å². The number of halogens is 2. The van der Waals surface area contributed by atoms with Crippen molar-refractivity contribution in [1.29, 1.82) is 0 Å². The van der Waals surface area contributed by atoms with Gasteiger partial charge in [-0.25, -0.2) is 8.78 Å². The second-order valence-corrected chi connectivity index (χ2v) is 7.31. The number of amides is 1. The molecule has 0 aliphatic carbocycles. The summed E-state index contributed by atoms with van der Waals surface area (Å²) in [5.74, 6) is -1.53. The average molecular weight is 397 g/mol. The molecule has 1 amide bonds. The monoisotopic (exact) mass is 397 g/mol. The fourth-order valence-electron chi connectivity index (χ4n) is 2.67. The molecule has 1 aromatic heterocycles. The highest BCUT2D eigenvalue weighted by molar-refractivity contribution is 8.00. The predicted octanol–water partition coefficient (Wildman–Crippen LogP) is 2.53. The number of aromatic nitrogens is 3. The van der Waals surface area contributed by atoms with E-state index in [0.29, 0.717) is 24.9 Å². The minimum absolute atomic E-state index is 0.206. The number of benzene rings is 1. The van der Waals surface area contributed by atoms with Crippen LogP contribution in [0.3, 0.4) is 0 Å². The van der Waals surface area contributed by atoms with Gasteiger partial charge < -0.3 is 15.0 Å². The van der Waals surface area contributed by atoms with E-state index >= 15 is 0 Å². The Morgan fingerprint density at radius 1 is 1.30 bits per heavy atom. The van der Waals surface area contributed by atoms with Crippen molar-refractivity contribution in [3.05, 3.63) is 29.8 Å². The summed E-state index contributed by atoms with van der Waals surface area (Å²) in [4.78, 5) is 14.5. The number of hydrogen-bond donors (Lipinski definition) is 1. The lowest BCUT2D eigenvalue weighted by Gasteiger charge is -2.27. The summed E-state index contributed by atoms with van der Waals surface area (Å²) in [5, 5.41) is 11.2. The maximum Gasteiger partial charge on any atom is 0.237 e. The van der Waals surface area contributed by atoms with Crippen molar-refractivity contribution in [2.75, 3.05) is 36.5 Å². The van der Waals surface area contributed by atoms with Gasteiger partial charge in [-0.3, -0.25) is 9.36 Å². The van der Waals surface area contributed by atoms with Crippen LogP contribution in [-0.2, 0) is 16.1 Å². The Hall–Kier alpha value is -2.20. The van der Waals surface area contributed by atoms with E-state index < -0.39 is 16.9 Å². The quantitative estimate of drug-likeness (QED) is 0.756. The number of nitrogens with one attached hydrogen (secondary N) is 1. The molecule has 3 rings (SSSR count).